The second-order valence-corrected chi connectivity index (χ2v) is 17.5. The lowest BCUT2D eigenvalue weighted by Crippen LogP contribution is -2.60. The number of rotatable bonds is 6. The lowest BCUT2D eigenvalue weighted by molar-refractivity contribution is -0.142. The Morgan fingerprint density at radius 1 is 1.06 bits per heavy atom. The molecule has 14 nitrogen and oxygen atoms in total. The number of sulfonamides is 1. The van der Waals surface area contributed by atoms with E-state index in [9.17, 15) is 32.4 Å². The van der Waals surface area contributed by atoms with Crippen LogP contribution in [0.5, 0.6) is 0 Å². The molecule has 0 aromatic heterocycles. The van der Waals surface area contributed by atoms with Gasteiger partial charge in [0.1, 0.15) is 23.7 Å². The minimum atomic E-state index is -3.90. The van der Waals surface area contributed by atoms with Gasteiger partial charge < -0.3 is 25.0 Å². The topological polar surface area (TPSA) is 181 Å². The van der Waals surface area contributed by atoms with Crippen LogP contribution in [0.3, 0.4) is 0 Å². The average Bonchev–Trinajstić information content (AvgIpc) is 3.96. The van der Waals surface area contributed by atoms with Gasteiger partial charge in [-0.3, -0.25) is 24.0 Å². The first-order valence-corrected chi connectivity index (χ1v) is 19.5. The molecule has 278 valence electrons. The SMILES string of the molecule is C=C[C@H]1C[C@]1(NC(=O)[C@@H]1C[C@@H]2CN1C(=O)[C@H](C(C)(C)C)NC(=O)OCCCCCCc1cccc3c1CN(C3)C(=O)O2)C(=O)NS(=O)(=O)C1CC1. The molecule has 5 aliphatic rings. The fraction of sp³-hybridized carbons (Fsp3) is 0.639. The molecule has 1 aromatic carbocycles. The molecule has 51 heavy (non-hydrogen) atoms. The molecular formula is C36H49N5O9S. The first kappa shape index (κ1) is 36.6. The highest BCUT2D eigenvalue weighted by Gasteiger charge is 2.62. The highest BCUT2D eigenvalue weighted by molar-refractivity contribution is 7.91. The summed E-state index contributed by atoms with van der Waals surface area (Å²) in [4.78, 5) is 71.3. The Labute approximate surface area is 299 Å². The molecule has 3 heterocycles. The van der Waals surface area contributed by atoms with Gasteiger partial charge in [-0.2, -0.15) is 0 Å². The summed E-state index contributed by atoms with van der Waals surface area (Å²) in [5.74, 6) is -2.69. The van der Waals surface area contributed by atoms with E-state index in [1.54, 1.807) is 25.7 Å². The van der Waals surface area contributed by atoms with Gasteiger partial charge >= 0.3 is 12.2 Å². The maximum atomic E-state index is 14.4. The fourth-order valence-electron chi connectivity index (χ4n) is 7.38. The van der Waals surface area contributed by atoms with E-state index >= 15 is 0 Å². The van der Waals surface area contributed by atoms with Crippen LogP contribution in [0, 0.1) is 11.3 Å². The smallest absolute Gasteiger partial charge is 0.410 e. The van der Waals surface area contributed by atoms with Crippen LogP contribution in [0.25, 0.3) is 0 Å². The van der Waals surface area contributed by atoms with Crippen LogP contribution in [0.2, 0.25) is 0 Å². The fourth-order valence-corrected chi connectivity index (χ4v) is 8.74. The van der Waals surface area contributed by atoms with Crippen LogP contribution < -0.4 is 15.4 Å². The molecule has 5 amide bonds. The van der Waals surface area contributed by atoms with Gasteiger partial charge in [-0.15, -0.1) is 6.58 Å². The highest BCUT2D eigenvalue weighted by atomic mass is 32.2. The average molecular weight is 728 g/mol. The molecule has 1 saturated heterocycles. The molecule has 1 aromatic rings. The number of nitrogens with zero attached hydrogens (tertiary/aromatic N) is 2. The summed E-state index contributed by atoms with van der Waals surface area (Å²) in [7, 11) is -3.90. The van der Waals surface area contributed by atoms with Crippen molar-refractivity contribution in [1.29, 1.82) is 0 Å². The number of carbonyl (C=O) groups is 5. The Balaban J connectivity index is 1.26. The Morgan fingerprint density at radius 2 is 1.78 bits per heavy atom. The molecule has 2 saturated carbocycles. The van der Waals surface area contributed by atoms with E-state index in [2.05, 4.69) is 28.0 Å². The number of aryl methyl sites for hydroxylation is 1. The van der Waals surface area contributed by atoms with Crippen molar-refractivity contribution in [2.45, 2.75) is 121 Å². The van der Waals surface area contributed by atoms with Crippen molar-refractivity contribution in [2.75, 3.05) is 13.2 Å². The van der Waals surface area contributed by atoms with Gasteiger partial charge in [0, 0.05) is 25.4 Å². The standard InChI is InChI=1S/C36H49N5O9S/c1-5-24-18-36(24,32(44)39-51(47,48)26-14-15-26)38-30(42)28-17-25-20-41(28)31(43)29(35(2,3)4)37-33(45)49-16-9-7-6-8-11-22-12-10-13-23-19-40(21-27(22)23)34(46)50-25/h5,10,12-13,24-26,28-29H,1,6-9,11,14-21H2,2-4H3,(H,37,45)(H,38,42)(H,39,44)/t24-,25+,28-,29+,36+/m0/s1. The summed E-state index contributed by atoms with van der Waals surface area (Å²) in [5.41, 5.74) is 0.945. The van der Waals surface area contributed by atoms with Gasteiger partial charge in [-0.1, -0.05) is 57.9 Å². The molecule has 3 fully saturated rings. The van der Waals surface area contributed by atoms with Gasteiger partial charge in [-0.05, 0) is 60.6 Å². The van der Waals surface area contributed by atoms with E-state index in [1.165, 1.54) is 16.5 Å². The number of fused-ring (bicyclic) bond motifs is 3. The Hall–Kier alpha value is -4.14. The molecule has 0 radical (unpaired) electrons. The monoisotopic (exact) mass is 727 g/mol. The van der Waals surface area contributed by atoms with Crippen molar-refractivity contribution in [2.24, 2.45) is 11.3 Å². The number of cyclic esters (lactones) is 1. The zero-order valence-corrected chi connectivity index (χ0v) is 30.4. The normalized spacial score (nSPS) is 29.0. The van der Waals surface area contributed by atoms with E-state index in [-0.39, 0.29) is 26.0 Å². The van der Waals surface area contributed by atoms with Crippen molar-refractivity contribution in [3.05, 3.63) is 47.5 Å². The number of amides is 5. The summed E-state index contributed by atoms with van der Waals surface area (Å²) in [6, 6.07) is 3.75. The lowest BCUT2D eigenvalue weighted by Gasteiger charge is -2.35. The van der Waals surface area contributed by atoms with Crippen LogP contribution in [0.4, 0.5) is 9.59 Å². The maximum Gasteiger partial charge on any atom is 0.410 e. The third-order valence-electron chi connectivity index (χ3n) is 10.7. The largest absolute Gasteiger partial charge is 0.450 e. The van der Waals surface area contributed by atoms with Crippen molar-refractivity contribution in [3.63, 3.8) is 0 Å². The quantitative estimate of drug-likeness (QED) is 0.372. The van der Waals surface area contributed by atoms with Crippen LogP contribution in [0.1, 0.15) is 88.8 Å². The number of ether oxygens (including phenoxy) is 2. The molecule has 2 aliphatic carbocycles. The minimum Gasteiger partial charge on any atom is -0.450 e. The Bertz CT molecular complexity index is 1700. The predicted octanol–water partition coefficient (Wildman–Crippen LogP) is 3.04. The van der Waals surface area contributed by atoms with E-state index in [4.69, 9.17) is 9.47 Å². The molecule has 0 unspecified atom stereocenters. The number of carbonyl (C=O) groups excluding carboxylic acids is 5. The second-order valence-electron chi connectivity index (χ2n) is 15.6. The zero-order chi connectivity index (χ0) is 36.7. The number of nitrogens with one attached hydrogen (secondary N) is 3. The second kappa shape index (κ2) is 14.1. The Morgan fingerprint density at radius 3 is 2.47 bits per heavy atom. The number of hydrogen-bond acceptors (Lipinski definition) is 9. The zero-order valence-electron chi connectivity index (χ0n) is 29.6. The molecular weight excluding hydrogens is 678 g/mol. The van der Waals surface area contributed by atoms with Crippen LogP contribution in [-0.4, -0.2) is 90.3 Å². The molecule has 15 heteroatoms. The van der Waals surface area contributed by atoms with E-state index in [0.29, 0.717) is 32.4 Å². The Kier molecular flexibility index (Phi) is 10.1. The van der Waals surface area contributed by atoms with Gasteiger partial charge in [0.05, 0.1) is 18.4 Å². The van der Waals surface area contributed by atoms with E-state index < -0.39 is 80.2 Å². The van der Waals surface area contributed by atoms with Crippen molar-refractivity contribution >= 4 is 39.9 Å². The lowest BCUT2D eigenvalue weighted by atomic mass is 9.85. The van der Waals surface area contributed by atoms with Gasteiger partial charge in [-0.25, -0.2) is 18.0 Å². The van der Waals surface area contributed by atoms with Crippen LogP contribution >= 0.6 is 0 Å². The summed E-state index contributed by atoms with van der Waals surface area (Å²) in [6.07, 6.45) is 4.48. The van der Waals surface area contributed by atoms with E-state index in [1.807, 2.05) is 12.1 Å². The molecule has 0 spiro atoms. The number of hydrogen-bond donors (Lipinski definition) is 3. The molecule has 3 N–H and O–H groups in total. The van der Waals surface area contributed by atoms with Crippen molar-refractivity contribution in [3.8, 4) is 0 Å². The van der Waals surface area contributed by atoms with Gasteiger partial charge in [0.25, 0.3) is 5.91 Å². The first-order valence-electron chi connectivity index (χ1n) is 17.9. The highest BCUT2D eigenvalue weighted by Crippen LogP contribution is 2.45. The van der Waals surface area contributed by atoms with Gasteiger partial charge in [0.15, 0.2) is 0 Å². The predicted molar refractivity (Wildman–Crippen MR) is 185 cm³/mol. The third kappa shape index (κ3) is 7.87. The van der Waals surface area contributed by atoms with Crippen molar-refractivity contribution in [1.82, 2.24) is 25.2 Å². The van der Waals surface area contributed by atoms with Gasteiger partial charge in [0.2, 0.25) is 21.8 Å². The minimum absolute atomic E-state index is 0.0759. The molecule has 6 rings (SSSR count). The molecule has 4 bridgehead atoms. The van der Waals surface area contributed by atoms with Crippen molar-refractivity contribution < 1.29 is 41.9 Å². The number of benzene rings is 1. The maximum absolute atomic E-state index is 14.4. The summed E-state index contributed by atoms with van der Waals surface area (Å²) >= 11 is 0. The summed E-state index contributed by atoms with van der Waals surface area (Å²) in [6.45, 7) is 9.88. The van der Waals surface area contributed by atoms with Crippen LogP contribution in [0.15, 0.2) is 30.9 Å². The molecule has 5 atom stereocenters. The third-order valence-corrected chi connectivity index (χ3v) is 12.5. The summed E-state index contributed by atoms with van der Waals surface area (Å²) < 4.78 is 38.8. The number of alkyl carbamates (subject to hydrolysis) is 1. The summed E-state index contributed by atoms with van der Waals surface area (Å²) in [5, 5.41) is 4.80. The molecule has 3 aliphatic heterocycles. The van der Waals surface area contributed by atoms with E-state index in [0.717, 1.165) is 36.8 Å². The first-order chi connectivity index (χ1) is 24.1. The van der Waals surface area contributed by atoms with Crippen LogP contribution in [-0.2, 0) is 53.4 Å².